The number of nitrogens with zero attached hydrogens (tertiary/aromatic N) is 1. The van der Waals surface area contributed by atoms with E-state index in [2.05, 4.69) is 28.1 Å². The maximum absolute atomic E-state index is 13.0. The predicted molar refractivity (Wildman–Crippen MR) is 101 cm³/mol. The van der Waals surface area contributed by atoms with Gasteiger partial charge in [-0.1, -0.05) is 12.1 Å². The van der Waals surface area contributed by atoms with Crippen LogP contribution in [0.2, 0.25) is 0 Å². The zero-order chi connectivity index (χ0) is 17.8. The van der Waals surface area contributed by atoms with Gasteiger partial charge < -0.3 is 14.4 Å². The summed E-state index contributed by atoms with van der Waals surface area (Å²) < 4.78 is 11.5. The Kier molecular flexibility index (Phi) is 5.63. The first-order valence-corrected chi connectivity index (χ1v) is 9.30. The van der Waals surface area contributed by atoms with Crippen LogP contribution in [0.5, 0.6) is 11.5 Å². The van der Waals surface area contributed by atoms with Gasteiger partial charge in [0.1, 0.15) is 11.5 Å². The van der Waals surface area contributed by atoms with Crippen molar-refractivity contribution in [3.05, 3.63) is 58.1 Å². The molecule has 5 heteroatoms. The van der Waals surface area contributed by atoms with Gasteiger partial charge in [-0.3, -0.25) is 4.79 Å². The molecule has 132 valence electrons. The molecule has 0 N–H and O–H groups in total. The fourth-order valence-corrected chi connectivity index (χ4v) is 3.82. The average molecular weight is 404 g/mol. The minimum absolute atomic E-state index is 0.0553. The summed E-state index contributed by atoms with van der Waals surface area (Å²) in [6, 6.07) is 13.7. The summed E-state index contributed by atoms with van der Waals surface area (Å²) in [4.78, 5) is 15.0. The first-order chi connectivity index (χ1) is 12.1. The van der Waals surface area contributed by atoms with Crippen LogP contribution in [0.25, 0.3) is 0 Å². The van der Waals surface area contributed by atoms with Crippen LogP contribution in [-0.2, 0) is 0 Å². The van der Waals surface area contributed by atoms with Crippen molar-refractivity contribution >= 4 is 21.8 Å². The normalized spacial score (nSPS) is 16.8. The number of halogens is 1. The number of methoxy groups -OCH3 is 1. The average Bonchev–Trinajstić information content (AvgIpc) is 3.11. The van der Waals surface area contributed by atoms with Crippen LogP contribution in [0.4, 0.5) is 0 Å². The molecule has 2 aromatic carbocycles. The quantitative estimate of drug-likeness (QED) is 0.716. The van der Waals surface area contributed by atoms with Gasteiger partial charge in [0.15, 0.2) is 0 Å². The number of ether oxygens (including phenoxy) is 2. The molecule has 0 saturated carbocycles. The monoisotopic (exact) mass is 403 g/mol. The molecule has 1 aliphatic rings. The largest absolute Gasteiger partial charge is 0.496 e. The lowest BCUT2D eigenvalue weighted by atomic mass is 10.0. The second-order valence-electron chi connectivity index (χ2n) is 6.01. The Labute approximate surface area is 156 Å². The lowest BCUT2D eigenvalue weighted by Gasteiger charge is -2.25. The van der Waals surface area contributed by atoms with Crippen LogP contribution >= 0.6 is 15.9 Å². The van der Waals surface area contributed by atoms with Gasteiger partial charge in [0.2, 0.25) is 0 Å². The van der Waals surface area contributed by atoms with Crippen LogP contribution in [-0.4, -0.2) is 31.1 Å². The molecule has 0 radical (unpaired) electrons. The zero-order valence-corrected chi connectivity index (χ0v) is 16.1. The maximum atomic E-state index is 13.0. The van der Waals surface area contributed by atoms with Crippen molar-refractivity contribution in [3.63, 3.8) is 0 Å². The number of amides is 1. The molecule has 1 amide bonds. The third kappa shape index (κ3) is 3.82. The minimum atomic E-state index is 0.0553. The number of benzene rings is 2. The molecule has 1 unspecified atom stereocenters. The highest BCUT2D eigenvalue weighted by molar-refractivity contribution is 9.10. The Morgan fingerprint density at radius 2 is 2.00 bits per heavy atom. The van der Waals surface area contributed by atoms with Crippen molar-refractivity contribution in [2.24, 2.45) is 0 Å². The van der Waals surface area contributed by atoms with E-state index in [0.717, 1.165) is 40.9 Å². The molecule has 1 fully saturated rings. The maximum Gasteiger partial charge on any atom is 0.254 e. The van der Waals surface area contributed by atoms with E-state index in [9.17, 15) is 4.79 Å². The second kappa shape index (κ2) is 7.91. The lowest BCUT2D eigenvalue weighted by Crippen LogP contribution is -2.30. The Balaban J connectivity index is 1.80. The van der Waals surface area contributed by atoms with Gasteiger partial charge >= 0.3 is 0 Å². The Hall–Kier alpha value is -2.01. The van der Waals surface area contributed by atoms with Crippen molar-refractivity contribution in [1.29, 1.82) is 0 Å². The fraction of sp³-hybridized carbons (Fsp3) is 0.350. The number of hydrogen-bond acceptors (Lipinski definition) is 3. The standard InChI is InChI=1S/C20H22BrNO3/c1-3-25-16-9-6-14(7-10-16)18-5-4-12-22(18)20(23)15-8-11-19(24-2)17(21)13-15/h6-11,13,18H,3-5,12H2,1-2H3. The Morgan fingerprint density at radius 1 is 1.24 bits per heavy atom. The Bertz CT molecular complexity index is 745. The second-order valence-corrected chi connectivity index (χ2v) is 6.86. The molecule has 3 rings (SSSR count). The Morgan fingerprint density at radius 3 is 2.64 bits per heavy atom. The highest BCUT2D eigenvalue weighted by atomic mass is 79.9. The van der Waals surface area contributed by atoms with E-state index in [4.69, 9.17) is 9.47 Å². The number of likely N-dealkylation sites (tertiary alicyclic amines) is 1. The van der Waals surface area contributed by atoms with Gasteiger partial charge in [0, 0.05) is 12.1 Å². The molecule has 4 nitrogen and oxygen atoms in total. The molecule has 1 heterocycles. The van der Waals surface area contributed by atoms with Crippen molar-refractivity contribution in [3.8, 4) is 11.5 Å². The summed E-state index contributed by atoms with van der Waals surface area (Å²) in [5.41, 5.74) is 1.83. The number of carbonyl (C=O) groups is 1. The van der Waals surface area contributed by atoms with E-state index in [0.29, 0.717) is 12.2 Å². The molecule has 1 aliphatic heterocycles. The van der Waals surface area contributed by atoms with Crippen LogP contribution in [0.3, 0.4) is 0 Å². The molecule has 0 aliphatic carbocycles. The first-order valence-electron chi connectivity index (χ1n) is 8.51. The van der Waals surface area contributed by atoms with Gasteiger partial charge in [0.05, 0.1) is 24.2 Å². The van der Waals surface area contributed by atoms with Crippen LogP contribution in [0.15, 0.2) is 46.9 Å². The summed E-state index contributed by atoms with van der Waals surface area (Å²) in [6.07, 6.45) is 2.00. The predicted octanol–water partition coefficient (Wildman–Crippen LogP) is 4.83. The highest BCUT2D eigenvalue weighted by Gasteiger charge is 2.30. The SMILES string of the molecule is CCOc1ccc(C2CCCN2C(=O)c2ccc(OC)c(Br)c2)cc1. The van der Waals surface area contributed by atoms with Crippen LogP contribution in [0, 0.1) is 0 Å². The van der Waals surface area contributed by atoms with Crippen LogP contribution in [0.1, 0.15) is 41.7 Å². The van der Waals surface area contributed by atoms with E-state index >= 15 is 0 Å². The van der Waals surface area contributed by atoms with Crippen molar-refractivity contribution in [1.82, 2.24) is 4.90 Å². The molecule has 2 aromatic rings. The molecule has 1 atom stereocenters. The van der Waals surface area contributed by atoms with Gasteiger partial charge in [-0.2, -0.15) is 0 Å². The zero-order valence-electron chi connectivity index (χ0n) is 14.5. The molecule has 0 aromatic heterocycles. The van der Waals surface area contributed by atoms with Crippen molar-refractivity contribution in [2.75, 3.05) is 20.3 Å². The minimum Gasteiger partial charge on any atom is -0.496 e. The van der Waals surface area contributed by atoms with E-state index in [1.54, 1.807) is 7.11 Å². The lowest BCUT2D eigenvalue weighted by molar-refractivity contribution is 0.0735. The number of rotatable bonds is 5. The smallest absolute Gasteiger partial charge is 0.254 e. The van der Waals surface area contributed by atoms with Crippen LogP contribution < -0.4 is 9.47 Å². The molecular weight excluding hydrogens is 382 g/mol. The highest BCUT2D eigenvalue weighted by Crippen LogP contribution is 2.35. The number of carbonyl (C=O) groups excluding carboxylic acids is 1. The summed E-state index contributed by atoms with van der Waals surface area (Å²) in [7, 11) is 1.62. The van der Waals surface area contributed by atoms with E-state index in [-0.39, 0.29) is 11.9 Å². The fourth-order valence-electron chi connectivity index (χ4n) is 3.27. The van der Waals surface area contributed by atoms with Gasteiger partial charge in [-0.05, 0) is 71.6 Å². The molecule has 25 heavy (non-hydrogen) atoms. The molecule has 1 saturated heterocycles. The van der Waals surface area contributed by atoms with E-state index in [1.165, 1.54) is 0 Å². The summed E-state index contributed by atoms with van der Waals surface area (Å²) in [5.74, 6) is 1.64. The van der Waals surface area contributed by atoms with E-state index < -0.39 is 0 Å². The molecular formula is C20H22BrNO3. The number of hydrogen-bond donors (Lipinski definition) is 0. The summed E-state index contributed by atoms with van der Waals surface area (Å²) in [5, 5.41) is 0. The third-order valence-corrected chi connectivity index (χ3v) is 5.11. The van der Waals surface area contributed by atoms with Crippen molar-refractivity contribution in [2.45, 2.75) is 25.8 Å². The van der Waals surface area contributed by atoms with Crippen molar-refractivity contribution < 1.29 is 14.3 Å². The first kappa shape index (κ1) is 17.8. The van der Waals surface area contributed by atoms with E-state index in [1.807, 2.05) is 42.2 Å². The summed E-state index contributed by atoms with van der Waals surface area (Å²) in [6.45, 7) is 3.40. The molecule has 0 bridgehead atoms. The topological polar surface area (TPSA) is 38.8 Å². The van der Waals surface area contributed by atoms with Gasteiger partial charge in [0.25, 0.3) is 5.91 Å². The van der Waals surface area contributed by atoms with Gasteiger partial charge in [-0.25, -0.2) is 0 Å². The van der Waals surface area contributed by atoms with Gasteiger partial charge in [-0.15, -0.1) is 0 Å². The third-order valence-electron chi connectivity index (χ3n) is 4.49. The molecule has 0 spiro atoms. The summed E-state index contributed by atoms with van der Waals surface area (Å²) >= 11 is 3.46.